The van der Waals surface area contributed by atoms with E-state index in [2.05, 4.69) is 72.9 Å². The molecular formula is C29H38N4O2. The second-order valence-corrected chi connectivity index (χ2v) is 10.8. The zero-order valence-corrected chi connectivity index (χ0v) is 21.7. The van der Waals surface area contributed by atoms with Gasteiger partial charge in [-0.15, -0.1) is 0 Å². The molecule has 0 spiro atoms. The number of likely N-dealkylation sites (N-methyl/N-ethyl adjacent to an activating group) is 1. The summed E-state index contributed by atoms with van der Waals surface area (Å²) in [6, 6.07) is 11.7. The molecule has 6 nitrogen and oxygen atoms in total. The maximum atomic E-state index is 12.8. The summed E-state index contributed by atoms with van der Waals surface area (Å²) in [5.74, 6) is 1.14. The quantitative estimate of drug-likeness (QED) is 0.546. The van der Waals surface area contributed by atoms with Crippen LogP contribution < -0.4 is 0 Å². The molecule has 3 aromatic rings. The van der Waals surface area contributed by atoms with E-state index in [-0.39, 0.29) is 5.91 Å². The van der Waals surface area contributed by atoms with Gasteiger partial charge in [-0.3, -0.25) is 14.7 Å². The van der Waals surface area contributed by atoms with Crippen LogP contribution in [0.5, 0.6) is 0 Å². The van der Waals surface area contributed by atoms with Crippen molar-refractivity contribution in [1.29, 1.82) is 0 Å². The number of H-pyrrole nitrogens is 1. The van der Waals surface area contributed by atoms with Crippen molar-refractivity contribution in [3.8, 4) is 11.3 Å². The van der Waals surface area contributed by atoms with Gasteiger partial charge in [0.25, 0.3) is 0 Å². The number of nitrogens with one attached hydrogen (secondary N) is 1. The van der Waals surface area contributed by atoms with E-state index in [0.717, 1.165) is 50.5 Å². The van der Waals surface area contributed by atoms with Crippen molar-refractivity contribution in [3.05, 3.63) is 52.8 Å². The molecule has 1 N–H and O–H groups in total. The Morgan fingerprint density at radius 2 is 1.83 bits per heavy atom. The Morgan fingerprint density at radius 3 is 2.43 bits per heavy atom. The molecule has 0 unspecified atom stereocenters. The molecular weight excluding hydrogens is 436 g/mol. The highest BCUT2D eigenvalue weighted by molar-refractivity contribution is 5.92. The lowest BCUT2D eigenvalue weighted by Crippen LogP contribution is -2.51. The van der Waals surface area contributed by atoms with E-state index in [4.69, 9.17) is 4.74 Å². The number of pyridine rings is 1. The highest BCUT2D eigenvalue weighted by Crippen LogP contribution is 2.38. The lowest BCUT2D eigenvalue weighted by atomic mass is 9.87. The third kappa shape index (κ3) is 4.87. The lowest BCUT2D eigenvalue weighted by molar-refractivity contribution is -0.136. The van der Waals surface area contributed by atoms with Gasteiger partial charge >= 0.3 is 0 Å². The minimum Gasteiger partial charge on any atom is -0.378 e. The molecule has 0 radical (unpaired) electrons. The summed E-state index contributed by atoms with van der Waals surface area (Å²) in [5.41, 5.74) is 8.47. The molecule has 5 rings (SSSR count). The molecule has 2 fully saturated rings. The summed E-state index contributed by atoms with van der Waals surface area (Å²) < 4.78 is 5.27. The summed E-state index contributed by atoms with van der Waals surface area (Å²) in [6.07, 6.45) is 2.04. The van der Waals surface area contributed by atoms with Crippen LogP contribution in [-0.4, -0.2) is 71.6 Å². The molecule has 1 aromatic carbocycles. The number of amides is 1. The van der Waals surface area contributed by atoms with Crippen molar-refractivity contribution in [2.75, 3.05) is 39.9 Å². The smallest absolute Gasteiger partial charge is 0.236 e. The number of aromatic nitrogens is 2. The first-order chi connectivity index (χ1) is 16.8. The Bertz CT molecular complexity index is 1200. The number of aryl methyl sites for hydroxylation is 2. The molecule has 4 heterocycles. The van der Waals surface area contributed by atoms with Gasteiger partial charge in [-0.1, -0.05) is 19.9 Å². The standard InChI is InChI=1S/C29H38N4O2/c1-18(2)28-25-14-22(6-7-26(25)31-29(28)23-12-19(3)30-20(4)13-23)21-8-10-33(11-9-21)27(34)15-32(5)24-16-35-17-24/h6-7,12-14,18,21,24,31H,8-11,15-17H2,1-5H3. The van der Waals surface area contributed by atoms with Crippen molar-refractivity contribution in [1.82, 2.24) is 19.8 Å². The first kappa shape index (κ1) is 24.0. The number of fused-ring (bicyclic) bond motifs is 1. The van der Waals surface area contributed by atoms with Gasteiger partial charge in [0.2, 0.25) is 5.91 Å². The van der Waals surface area contributed by atoms with E-state index in [1.807, 2.05) is 11.9 Å². The average molecular weight is 475 g/mol. The molecule has 0 aliphatic carbocycles. The fraction of sp³-hybridized carbons (Fsp3) is 0.517. The highest BCUT2D eigenvalue weighted by Gasteiger charge is 2.29. The number of ether oxygens (including phenoxy) is 1. The van der Waals surface area contributed by atoms with Crippen LogP contribution in [0.15, 0.2) is 30.3 Å². The van der Waals surface area contributed by atoms with E-state index in [1.165, 1.54) is 33.3 Å². The second-order valence-electron chi connectivity index (χ2n) is 10.8. The summed E-state index contributed by atoms with van der Waals surface area (Å²) in [5, 5.41) is 1.32. The van der Waals surface area contributed by atoms with Crippen LogP contribution in [0.25, 0.3) is 22.2 Å². The molecule has 186 valence electrons. The number of hydrogen-bond acceptors (Lipinski definition) is 4. The maximum absolute atomic E-state index is 12.8. The van der Waals surface area contributed by atoms with Crippen LogP contribution in [0, 0.1) is 13.8 Å². The van der Waals surface area contributed by atoms with E-state index in [9.17, 15) is 4.79 Å². The summed E-state index contributed by atoms with van der Waals surface area (Å²) >= 11 is 0. The molecule has 0 atom stereocenters. The maximum Gasteiger partial charge on any atom is 0.236 e. The summed E-state index contributed by atoms with van der Waals surface area (Å²) in [6.45, 7) is 12.3. The van der Waals surface area contributed by atoms with Crippen LogP contribution in [0.2, 0.25) is 0 Å². The van der Waals surface area contributed by atoms with Crippen LogP contribution in [0.3, 0.4) is 0 Å². The molecule has 2 saturated heterocycles. The SMILES string of the molecule is Cc1cc(-c2[nH]c3ccc(C4CCN(C(=O)CN(C)C5COC5)CC4)cc3c2C(C)C)cc(C)n1. The van der Waals surface area contributed by atoms with Crippen molar-refractivity contribution in [3.63, 3.8) is 0 Å². The zero-order chi connectivity index (χ0) is 24.7. The van der Waals surface area contributed by atoms with Crippen molar-refractivity contribution < 1.29 is 9.53 Å². The Kier molecular flexibility index (Phi) is 6.69. The number of rotatable bonds is 6. The number of carbonyl (C=O) groups is 1. The van der Waals surface area contributed by atoms with Gasteiger partial charge < -0.3 is 14.6 Å². The monoisotopic (exact) mass is 474 g/mol. The molecule has 2 aromatic heterocycles. The average Bonchev–Trinajstić information content (AvgIpc) is 3.16. The lowest BCUT2D eigenvalue weighted by Gasteiger charge is -2.37. The minimum atomic E-state index is 0.244. The van der Waals surface area contributed by atoms with Gasteiger partial charge in [-0.05, 0) is 81.0 Å². The fourth-order valence-corrected chi connectivity index (χ4v) is 5.67. The van der Waals surface area contributed by atoms with Crippen LogP contribution in [0.4, 0.5) is 0 Å². The van der Waals surface area contributed by atoms with Gasteiger partial charge in [0.05, 0.1) is 31.5 Å². The third-order valence-electron chi connectivity index (χ3n) is 7.76. The number of carbonyl (C=O) groups excluding carboxylic acids is 1. The van der Waals surface area contributed by atoms with Gasteiger partial charge in [0, 0.05) is 40.9 Å². The number of likely N-dealkylation sites (tertiary alicyclic amines) is 1. The molecule has 1 amide bonds. The van der Waals surface area contributed by atoms with Gasteiger partial charge in [0.15, 0.2) is 0 Å². The molecule has 6 heteroatoms. The third-order valence-corrected chi connectivity index (χ3v) is 7.76. The number of nitrogens with zero attached hydrogens (tertiary/aromatic N) is 3. The first-order valence-corrected chi connectivity index (χ1v) is 13.0. The second kappa shape index (κ2) is 9.75. The van der Waals surface area contributed by atoms with E-state index >= 15 is 0 Å². The fourth-order valence-electron chi connectivity index (χ4n) is 5.67. The molecule has 0 saturated carbocycles. The summed E-state index contributed by atoms with van der Waals surface area (Å²) in [4.78, 5) is 25.3. The zero-order valence-electron chi connectivity index (χ0n) is 21.7. The Morgan fingerprint density at radius 1 is 1.14 bits per heavy atom. The number of piperidine rings is 1. The Labute approximate surface area is 208 Å². The minimum absolute atomic E-state index is 0.244. The Hall–Kier alpha value is -2.70. The van der Waals surface area contributed by atoms with Crippen molar-refractivity contribution in [2.24, 2.45) is 0 Å². The van der Waals surface area contributed by atoms with E-state index in [0.29, 0.717) is 24.4 Å². The largest absolute Gasteiger partial charge is 0.378 e. The van der Waals surface area contributed by atoms with E-state index < -0.39 is 0 Å². The predicted molar refractivity (Wildman–Crippen MR) is 141 cm³/mol. The molecule has 2 aliphatic rings. The van der Waals surface area contributed by atoms with Crippen molar-refractivity contribution >= 4 is 16.8 Å². The highest BCUT2D eigenvalue weighted by atomic mass is 16.5. The Balaban J connectivity index is 1.34. The number of hydrogen-bond donors (Lipinski definition) is 1. The van der Waals surface area contributed by atoms with Gasteiger partial charge in [-0.25, -0.2) is 0 Å². The molecule has 0 bridgehead atoms. The molecule has 35 heavy (non-hydrogen) atoms. The normalized spacial score (nSPS) is 17.5. The van der Waals surface area contributed by atoms with Gasteiger partial charge in [-0.2, -0.15) is 0 Å². The van der Waals surface area contributed by atoms with E-state index in [1.54, 1.807) is 0 Å². The summed E-state index contributed by atoms with van der Waals surface area (Å²) in [7, 11) is 2.03. The number of aromatic amines is 1. The van der Waals surface area contributed by atoms with Crippen LogP contribution in [0.1, 0.15) is 61.0 Å². The topological polar surface area (TPSA) is 61.5 Å². The predicted octanol–water partition coefficient (Wildman–Crippen LogP) is 5.01. The van der Waals surface area contributed by atoms with Crippen molar-refractivity contribution in [2.45, 2.75) is 58.4 Å². The van der Waals surface area contributed by atoms with Crippen LogP contribution in [-0.2, 0) is 9.53 Å². The van der Waals surface area contributed by atoms with Crippen LogP contribution >= 0.6 is 0 Å². The molecule has 2 aliphatic heterocycles. The first-order valence-electron chi connectivity index (χ1n) is 13.0. The number of benzene rings is 1. The van der Waals surface area contributed by atoms with Gasteiger partial charge in [0.1, 0.15) is 0 Å².